The van der Waals surface area contributed by atoms with E-state index >= 15 is 0 Å². The topological polar surface area (TPSA) is 50.2 Å². The number of rotatable bonds is 5. The average molecular weight is 336 g/mol. The van der Waals surface area contributed by atoms with Crippen LogP contribution in [0.3, 0.4) is 0 Å². The number of hydrogen-bond donors (Lipinski definition) is 1. The van der Waals surface area contributed by atoms with E-state index in [-0.39, 0.29) is 5.91 Å². The molecule has 0 radical (unpaired) electrons. The molecule has 3 aromatic rings. The van der Waals surface area contributed by atoms with E-state index in [4.69, 9.17) is 0 Å². The van der Waals surface area contributed by atoms with Crippen LogP contribution in [0.4, 0.5) is 11.4 Å². The minimum absolute atomic E-state index is 0.0276. The van der Waals surface area contributed by atoms with Crippen LogP contribution in [0.2, 0.25) is 0 Å². The first kappa shape index (κ1) is 17.0. The third-order valence-electron chi connectivity index (χ3n) is 4.23. The molecule has 1 N–H and O–H groups in total. The highest BCUT2D eigenvalue weighted by atomic mass is 16.1. The second kappa shape index (κ2) is 6.97. The molecule has 0 aliphatic carbocycles. The number of nitrogens with one attached hydrogen (secondary N) is 1. The van der Waals surface area contributed by atoms with Crippen molar-refractivity contribution >= 4 is 28.3 Å². The number of anilines is 2. The molecule has 1 amide bonds. The molecule has 0 bridgehead atoms. The summed E-state index contributed by atoms with van der Waals surface area (Å²) in [7, 11) is 3.98. The fourth-order valence-corrected chi connectivity index (χ4v) is 2.83. The third-order valence-corrected chi connectivity index (χ3v) is 4.23. The smallest absolute Gasteiger partial charge is 0.228 e. The van der Waals surface area contributed by atoms with Crippen LogP contribution in [0.1, 0.15) is 25.5 Å². The lowest BCUT2D eigenvalue weighted by atomic mass is 10.1. The van der Waals surface area contributed by atoms with Gasteiger partial charge in [-0.05, 0) is 55.8 Å². The van der Waals surface area contributed by atoms with Gasteiger partial charge in [0.25, 0.3) is 0 Å². The molecule has 0 atom stereocenters. The van der Waals surface area contributed by atoms with Gasteiger partial charge in [0, 0.05) is 31.5 Å². The van der Waals surface area contributed by atoms with E-state index in [1.165, 1.54) is 0 Å². The van der Waals surface area contributed by atoms with Crippen molar-refractivity contribution in [1.82, 2.24) is 9.55 Å². The molecule has 0 unspecified atom stereocenters. The van der Waals surface area contributed by atoms with Gasteiger partial charge in [-0.2, -0.15) is 0 Å². The molecule has 0 saturated heterocycles. The Morgan fingerprint density at radius 3 is 2.52 bits per heavy atom. The fraction of sp³-hybridized carbons (Fsp3) is 0.300. The minimum Gasteiger partial charge on any atom is -0.378 e. The molecule has 1 heterocycles. The van der Waals surface area contributed by atoms with E-state index < -0.39 is 0 Å². The van der Waals surface area contributed by atoms with E-state index in [0.717, 1.165) is 28.0 Å². The van der Waals surface area contributed by atoms with E-state index in [1.54, 1.807) is 0 Å². The zero-order chi connectivity index (χ0) is 18.0. The maximum absolute atomic E-state index is 12.3. The highest BCUT2D eigenvalue weighted by Crippen LogP contribution is 2.20. The van der Waals surface area contributed by atoms with Crippen molar-refractivity contribution in [2.75, 3.05) is 24.3 Å². The van der Waals surface area contributed by atoms with Crippen molar-refractivity contribution in [2.45, 2.75) is 26.3 Å². The summed E-state index contributed by atoms with van der Waals surface area (Å²) in [5.41, 5.74) is 4.89. The lowest BCUT2D eigenvalue weighted by Crippen LogP contribution is -2.14. The van der Waals surface area contributed by atoms with Crippen LogP contribution in [-0.4, -0.2) is 29.6 Å². The summed E-state index contributed by atoms with van der Waals surface area (Å²) in [5, 5.41) is 2.94. The lowest BCUT2D eigenvalue weighted by Gasteiger charge is -2.13. The summed E-state index contributed by atoms with van der Waals surface area (Å²) in [4.78, 5) is 18.8. The Balaban J connectivity index is 1.69. The van der Waals surface area contributed by atoms with Crippen molar-refractivity contribution in [3.8, 4) is 0 Å². The third kappa shape index (κ3) is 3.82. The number of benzene rings is 2. The second-order valence-corrected chi connectivity index (χ2v) is 6.73. The number of nitrogens with zero attached hydrogens (tertiary/aromatic N) is 3. The molecule has 2 aromatic carbocycles. The molecule has 1 aromatic heterocycles. The first-order valence-corrected chi connectivity index (χ1v) is 8.47. The van der Waals surface area contributed by atoms with Gasteiger partial charge in [-0.3, -0.25) is 4.79 Å². The van der Waals surface area contributed by atoms with Crippen LogP contribution in [-0.2, 0) is 11.2 Å². The highest BCUT2D eigenvalue weighted by molar-refractivity contribution is 5.93. The van der Waals surface area contributed by atoms with Gasteiger partial charge in [-0.1, -0.05) is 6.07 Å². The van der Waals surface area contributed by atoms with Crippen LogP contribution in [0, 0.1) is 0 Å². The number of aromatic nitrogens is 2. The summed E-state index contributed by atoms with van der Waals surface area (Å²) in [6.45, 7) is 4.26. The zero-order valence-corrected chi connectivity index (χ0v) is 15.2. The van der Waals surface area contributed by atoms with Crippen LogP contribution < -0.4 is 10.2 Å². The van der Waals surface area contributed by atoms with Gasteiger partial charge in [0.15, 0.2) is 0 Å². The molecular weight excluding hydrogens is 312 g/mol. The predicted octanol–water partition coefficient (Wildman–Crippen LogP) is 3.86. The second-order valence-electron chi connectivity index (χ2n) is 6.73. The first-order valence-electron chi connectivity index (χ1n) is 8.47. The number of hydrogen-bond acceptors (Lipinski definition) is 3. The first-order chi connectivity index (χ1) is 11.9. The van der Waals surface area contributed by atoms with Gasteiger partial charge < -0.3 is 14.8 Å². The maximum Gasteiger partial charge on any atom is 0.228 e. The van der Waals surface area contributed by atoms with Gasteiger partial charge in [-0.15, -0.1) is 0 Å². The van der Waals surface area contributed by atoms with Gasteiger partial charge in [-0.25, -0.2) is 4.98 Å². The predicted molar refractivity (Wildman–Crippen MR) is 103 cm³/mol. The van der Waals surface area contributed by atoms with E-state index in [1.807, 2.05) is 67.8 Å². The average Bonchev–Trinajstić information content (AvgIpc) is 2.98. The number of imidazole rings is 1. The van der Waals surface area contributed by atoms with Crippen molar-refractivity contribution in [2.24, 2.45) is 0 Å². The van der Waals surface area contributed by atoms with Crippen molar-refractivity contribution in [3.63, 3.8) is 0 Å². The zero-order valence-electron chi connectivity index (χ0n) is 15.2. The maximum atomic E-state index is 12.3. The molecule has 130 valence electrons. The molecular formula is C20H24N4O. The molecule has 3 rings (SSSR count). The fourth-order valence-electron chi connectivity index (χ4n) is 2.83. The van der Waals surface area contributed by atoms with E-state index in [2.05, 4.69) is 28.7 Å². The Hall–Kier alpha value is -2.82. The summed E-state index contributed by atoms with van der Waals surface area (Å²) in [6.07, 6.45) is 2.19. The lowest BCUT2D eigenvalue weighted by molar-refractivity contribution is -0.115. The molecule has 0 aliphatic rings. The highest BCUT2D eigenvalue weighted by Gasteiger charge is 2.09. The number of carbonyl (C=O) groups excluding carboxylic acids is 1. The standard InChI is InChI=1S/C20H24N4O/c1-14(2)24-13-21-18-11-15(5-10-19(18)24)12-20(25)22-16-6-8-17(9-7-16)23(3)4/h5-11,13-14H,12H2,1-4H3,(H,22,25). The van der Waals surface area contributed by atoms with Crippen LogP contribution in [0.5, 0.6) is 0 Å². The largest absolute Gasteiger partial charge is 0.378 e. The Bertz CT molecular complexity index is 878. The van der Waals surface area contributed by atoms with Crippen LogP contribution >= 0.6 is 0 Å². The molecule has 5 nitrogen and oxygen atoms in total. The SMILES string of the molecule is CC(C)n1cnc2cc(CC(=O)Nc3ccc(N(C)C)cc3)ccc21. The molecule has 0 spiro atoms. The molecule has 25 heavy (non-hydrogen) atoms. The molecule has 0 aliphatic heterocycles. The van der Waals surface area contributed by atoms with E-state index in [0.29, 0.717) is 12.5 Å². The molecule has 5 heteroatoms. The Morgan fingerprint density at radius 2 is 1.88 bits per heavy atom. The van der Waals surface area contributed by atoms with Gasteiger partial charge in [0.1, 0.15) is 0 Å². The number of amides is 1. The monoisotopic (exact) mass is 336 g/mol. The normalized spacial score (nSPS) is 11.1. The molecule has 0 saturated carbocycles. The van der Waals surface area contributed by atoms with Crippen molar-refractivity contribution in [3.05, 3.63) is 54.4 Å². The van der Waals surface area contributed by atoms with Crippen LogP contribution in [0.15, 0.2) is 48.8 Å². The number of carbonyl (C=O) groups is 1. The van der Waals surface area contributed by atoms with Gasteiger partial charge in [0.05, 0.1) is 23.8 Å². The summed E-state index contributed by atoms with van der Waals surface area (Å²) in [5.74, 6) is -0.0276. The van der Waals surface area contributed by atoms with Gasteiger partial charge in [0.2, 0.25) is 5.91 Å². The van der Waals surface area contributed by atoms with Crippen molar-refractivity contribution in [1.29, 1.82) is 0 Å². The summed E-state index contributed by atoms with van der Waals surface area (Å²) in [6, 6.07) is 14.2. The van der Waals surface area contributed by atoms with E-state index in [9.17, 15) is 4.79 Å². The summed E-state index contributed by atoms with van der Waals surface area (Å²) < 4.78 is 2.13. The Morgan fingerprint density at radius 1 is 1.16 bits per heavy atom. The quantitative estimate of drug-likeness (QED) is 0.769. The minimum atomic E-state index is -0.0276. The summed E-state index contributed by atoms with van der Waals surface area (Å²) >= 11 is 0. The molecule has 0 fully saturated rings. The van der Waals surface area contributed by atoms with Crippen LogP contribution in [0.25, 0.3) is 11.0 Å². The Kier molecular flexibility index (Phi) is 4.74. The van der Waals surface area contributed by atoms with Gasteiger partial charge >= 0.3 is 0 Å². The number of fused-ring (bicyclic) bond motifs is 1. The van der Waals surface area contributed by atoms with Crippen molar-refractivity contribution < 1.29 is 4.79 Å². The Labute approximate surface area is 148 Å².